The number of quaternary nitrogens is 1. The molecule has 0 spiro atoms. The summed E-state index contributed by atoms with van der Waals surface area (Å²) in [6.07, 6.45) is 1.84. The Bertz CT molecular complexity index is 529. The second-order valence-electron chi connectivity index (χ2n) is 6.23. The van der Waals surface area contributed by atoms with E-state index in [9.17, 15) is 5.21 Å². The molecule has 1 heterocycles. The van der Waals surface area contributed by atoms with E-state index in [1.165, 1.54) is 0 Å². The summed E-state index contributed by atoms with van der Waals surface area (Å²) >= 11 is 0. The van der Waals surface area contributed by atoms with Gasteiger partial charge in [-0.1, -0.05) is 60.7 Å². The summed E-state index contributed by atoms with van der Waals surface area (Å²) in [6, 6.07) is 20.4. The molecule has 104 valence electrons. The molecule has 2 nitrogen and oxygen atoms in total. The Morgan fingerprint density at radius 1 is 0.750 bits per heavy atom. The lowest BCUT2D eigenvalue weighted by Gasteiger charge is -2.44. The van der Waals surface area contributed by atoms with Crippen molar-refractivity contribution in [2.45, 2.75) is 37.8 Å². The van der Waals surface area contributed by atoms with Crippen LogP contribution >= 0.6 is 0 Å². The molecule has 0 aliphatic carbocycles. The lowest BCUT2D eigenvalue weighted by Crippen LogP contribution is -3.17. The Morgan fingerprint density at radius 3 is 1.45 bits per heavy atom. The maximum Gasteiger partial charge on any atom is 0.121 e. The minimum Gasteiger partial charge on any atom is -0.633 e. The molecular formula is C18H21NO. The van der Waals surface area contributed by atoms with Crippen LogP contribution in [0.5, 0.6) is 0 Å². The zero-order valence-electron chi connectivity index (χ0n) is 12.1. The maximum absolute atomic E-state index is 13.1. The van der Waals surface area contributed by atoms with Crippen LogP contribution in [0.2, 0.25) is 0 Å². The zero-order chi connectivity index (χ0) is 14.2. The van der Waals surface area contributed by atoms with Crippen LogP contribution in [0.1, 0.15) is 37.8 Å². The van der Waals surface area contributed by atoms with E-state index in [2.05, 4.69) is 38.1 Å². The highest BCUT2D eigenvalue weighted by molar-refractivity contribution is 5.27. The summed E-state index contributed by atoms with van der Waals surface area (Å²) in [4.78, 5) is 0. The smallest absolute Gasteiger partial charge is 0.121 e. The Kier molecular flexibility index (Phi) is 3.15. The fourth-order valence-corrected chi connectivity index (χ4v) is 3.50. The SMILES string of the molecule is C[C@@]1(c2ccccc2)CC[C@@](C)(c2ccccc2)[NH+]1[O-]. The Balaban J connectivity index is 2.01. The minimum atomic E-state index is -0.355. The van der Waals surface area contributed by atoms with Crippen LogP contribution in [0.25, 0.3) is 0 Å². The predicted molar refractivity (Wildman–Crippen MR) is 81.2 cm³/mol. The summed E-state index contributed by atoms with van der Waals surface area (Å²) in [5.41, 5.74) is 1.58. The van der Waals surface area contributed by atoms with Crippen molar-refractivity contribution in [1.29, 1.82) is 0 Å². The van der Waals surface area contributed by atoms with E-state index in [1.54, 1.807) is 0 Å². The highest BCUT2D eigenvalue weighted by Gasteiger charge is 2.51. The first kappa shape index (κ1) is 13.3. The molecule has 0 aromatic heterocycles. The van der Waals surface area contributed by atoms with Crippen LogP contribution in [0.15, 0.2) is 60.7 Å². The largest absolute Gasteiger partial charge is 0.633 e. The van der Waals surface area contributed by atoms with Gasteiger partial charge in [0.05, 0.1) is 0 Å². The molecule has 0 unspecified atom stereocenters. The van der Waals surface area contributed by atoms with Crippen molar-refractivity contribution in [1.82, 2.24) is 0 Å². The van der Waals surface area contributed by atoms with E-state index in [-0.39, 0.29) is 11.1 Å². The minimum absolute atomic E-state index is 0.349. The normalized spacial score (nSPS) is 30.6. The van der Waals surface area contributed by atoms with Crippen molar-refractivity contribution in [3.8, 4) is 0 Å². The number of hydrogen-bond donors (Lipinski definition) is 1. The Morgan fingerprint density at radius 2 is 1.10 bits per heavy atom. The molecule has 1 saturated heterocycles. The molecule has 20 heavy (non-hydrogen) atoms. The van der Waals surface area contributed by atoms with Crippen molar-refractivity contribution in [3.05, 3.63) is 77.0 Å². The van der Waals surface area contributed by atoms with Crippen molar-refractivity contribution in [2.24, 2.45) is 0 Å². The van der Waals surface area contributed by atoms with Crippen molar-refractivity contribution >= 4 is 0 Å². The molecule has 2 aromatic carbocycles. The number of rotatable bonds is 2. The Hall–Kier alpha value is -1.64. The fourth-order valence-electron chi connectivity index (χ4n) is 3.50. The van der Waals surface area contributed by atoms with Gasteiger partial charge < -0.3 is 10.3 Å². The van der Waals surface area contributed by atoms with Crippen molar-refractivity contribution in [3.63, 3.8) is 0 Å². The third kappa shape index (κ3) is 1.88. The molecule has 0 saturated carbocycles. The van der Waals surface area contributed by atoms with Gasteiger partial charge in [0.1, 0.15) is 11.1 Å². The van der Waals surface area contributed by atoms with E-state index in [1.807, 2.05) is 36.4 Å². The molecule has 1 aliphatic heterocycles. The van der Waals surface area contributed by atoms with E-state index in [0.717, 1.165) is 24.0 Å². The molecule has 1 fully saturated rings. The van der Waals surface area contributed by atoms with Gasteiger partial charge in [-0.2, -0.15) is 0 Å². The van der Waals surface area contributed by atoms with Crippen LogP contribution in [-0.4, -0.2) is 0 Å². The molecule has 2 aromatic rings. The molecule has 0 bridgehead atoms. The predicted octanol–water partition coefficient (Wildman–Crippen LogP) is 2.99. The number of benzene rings is 2. The molecule has 1 N–H and O–H groups in total. The molecular weight excluding hydrogens is 246 g/mol. The molecule has 2 atom stereocenters. The maximum atomic E-state index is 13.1. The van der Waals surface area contributed by atoms with Gasteiger partial charge in [-0.25, -0.2) is 0 Å². The first-order valence-electron chi connectivity index (χ1n) is 7.23. The average Bonchev–Trinajstić information content (AvgIpc) is 2.76. The molecule has 2 heteroatoms. The van der Waals surface area contributed by atoms with E-state index in [0.29, 0.717) is 5.06 Å². The third-order valence-electron chi connectivity index (χ3n) is 4.95. The van der Waals surface area contributed by atoms with Gasteiger partial charge in [-0.05, 0) is 13.8 Å². The summed E-state index contributed by atoms with van der Waals surface area (Å²) in [7, 11) is 0. The van der Waals surface area contributed by atoms with Gasteiger partial charge in [0.25, 0.3) is 0 Å². The summed E-state index contributed by atoms with van der Waals surface area (Å²) in [6.45, 7) is 4.19. The van der Waals surface area contributed by atoms with Crippen LogP contribution < -0.4 is 5.06 Å². The van der Waals surface area contributed by atoms with Crippen LogP contribution in [0.3, 0.4) is 0 Å². The van der Waals surface area contributed by atoms with Crippen molar-refractivity contribution < 1.29 is 5.06 Å². The van der Waals surface area contributed by atoms with Gasteiger partial charge in [0.2, 0.25) is 0 Å². The van der Waals surface area contributed by atoms with Crippen LogP contribution in [-0.2, 0) is 11.1 Å². The third-order valence-corrected chi connectivity index (χ3v) is 4.95. The van der Waals surface area contributed by atoms with E-state index >= 15 is 0 Å². The van der Waals surface area contributed by atoms with Gasteiger partial charge >= 0.3 is 0 Å². The number of hydroxylamine groups is 2. The van der Waals surface area contributed by atoms with Crippen LogP contribution in [0, 0.1) is 5.21 Å². The second kappa shape index (κ2) is 4.72. The first-order valence-corrected chi connectivity index (χ1v) is 7.23. The molecule has 0 amide bonds. The van der Waals surface area contributed by atoms with Gasteiger partial charge in [0.15, 0.2) is 0 Å². The highest BCUT2D eigenvalue weighted by atomic mass is 16.5. The highest BCUT2D eigenvalue weighted by Crippen LogP contribution is 2.37. The van der Waals surface area contributed by atoms with Crippen molar-refractivity contribution in [2.75, 3.05) is 0 Å². The topological polar surface area (TPSA) is 27.5 Å². The summed E-state index contributed by atoms with van der Waals surface area (Å²) < 4.78 is 0. The van der Waals surface area contributed by atoms with Gasteiger partial charge in [0, 0.05) is 24.0 Å². The van der Waals surface area contributed by atoms with Gasteiger partial charge in [-0.3, -0.25) is 0 Å². The Labute approximate surface area is 120 Å². The fraction of sp³-hybridized carbons (Fsp3) is 0.333. The second-order valence-corrected chi connectivity index (χ2v) is 6.23. The quantitative estimate of drug-likeness (QED) is 0.832. The van der Waals surface area contributed by atoms with Gasteiger partial charge in [-0.15, -0.1) is 0 Å². The average molecular weight is 267 g/mol. The molecule has 0 radical (unpaired) electrons. The number of nitrogens with one attached hydrogen (secondary N) is 1. The van der Waals surface area contributed by atoms with Crippen LogP contribution in [0.4, 0.5) is 0 Å². The van der Waals surface area contributed by atoms with E-state index < -0.39 is 0 Å². The zero-order valence-corrected chi connectivity index (χ0v) is 12.1. The summed E-state index contributed by atoms with van der Waals surface area (Å²) in [5.74, 6) is 0. The number of hydrogen-bond acceptors (Lipinski definition) is 1. The lowest BCUT2D eigenvalue weighted by atomic mass is 9.89. The molecule has 1 aliphatic rings. The molecule has 3 rings (SSSR count). The standard InChI is InChI=1S/C18H21NO/c1-17(15-9-5-3-6-10-15)13-14-18(2,19(17)20)16-11-7-4-8-12-16/h3-12,19H,13-14H2,1-2H3/t17-,18-/m0/s1. The monoisotopic (exact) mass is 267 g/mol. The summed E-state index contributed by atoms with van der Waals surface area (Å²) in [5, 5.41) is 13.5. The first-order chi connectivity index (χ1) is 9.57. The van der Waals surface area contributed by atoms with E-state index in [4.69, 9.17) is 0 Å². The lowest BCUT2D eigenvalue weighted by molar-refractivity contribution is -0.952.